The third-order valence-corrected chi connectivity index (χ3v) is 2.00. The van der Waals surface area contributed by atoms with E-state index in [0.717, 1.165) is 12.1 Å². The first-order chi connectivity index (χ1) is 8.43. The van der Waals surface area contributed by atoms with Crippen molar-refractivity contribution >= 4 is 12.2 Å². The van der Waals surface area contributed by atoms with Gasteiger partial charge in [-0.15, -0.1) is 0 Å². The van der Waals surface area contributed by atoms with Crippen molar-refractivity contribution in [1.82, 2.24) is 0 Å². The van der Waals surface area contributed by atoms with Gasteiger partial charge in [0, 0.05) is 6.21 Å². The van der Waals surface area contributed by atoms with Crippen molar-refractivity contribution in [2.24, 2.45) is 4.99 Å². The van der Waals surface area contributed by atoms with Gasteiger partial charge in [0.05, 0.1) is 12.2 Å². The van der Waals surface area contributed by atoms with Gasteiger partial charge in [-0.2, -0.15) is 13.2 Å². The number of halogens is 3. The van der Waals surface area contributed by atoms with E-state index >= 15 is 0 Å². The average Bonchev–Trinajstić information content (AvgIpc) is 2.29. The first kappa shape index (κ1) is 14.2. The maximum Gasteiger partial charge on any atom is 0.416 e. The van der Waals surface area contributed by atoms with Gasteiger partial charge >= 0.3 is 12.1 Å². The number of hydrogen-bond acceptors (Lipinski definition) is 3. The summed E-state index contributed by atoms with van der Waals surface area (Å²) in [7, 11) is 0. The van der Waals surface area contributed by atoms with Gasteiger partial charge in [-0.3, -0.25) is 9.79 Å². The molecule has 0 aromatic heterocycles. The number of rotatable bonds is 4. The average molecular weight is 259 g/mol. The van der Waals surface area contributed by atoms with Gasteiger partial charge in [-0.05, 0) is 24.6 Å². The second-order valence-electron chi connectivity index (χ2n) is 3.39. The van der Waals surface area contributed by atoms with E-state index in [1.165, 1.54) is 18.3 Å². The molecule has 3 nitrogen and oxygen atoms in total. The highest BCUT2D eigenvalue weighted by atomic mass is 19.4. The lowest BCUT2D eigenvalue weighted by Crippen LogP contribution is -2.07. The molecule has 0 aliphatic carbocycles. The Balaban J connectivity index is 2.59. The number of alkyl halides is 3. The van der Waals surface area contributed by atoms with Gasteiger partial charge in [0.15, 0.2) is 0 Å². The molecule has 1 aromatic rings. The Kier molecular flexibility index (Phi) is 4.88. The number of esters is 1. The predicted molar refractivity (Wildman–Crippen MR) is 60.5 cm³/mol. The van der Waals surface area contributed by atoms with Crippen LogP contribution in [0.5, 0.6) is 0 Å². The summed E-state index contributed by atoms with van der Waals surface area (Å²) in [6.07, 6.45) is -3.02. The molecule has 0 aliphatic rings. The van der Waals surface area contributed by atoms with E-state index in [2.05, 4.69) is 9.73 Å². The van der Waals surface area contributed by atoms with Crippen LogP contribution in [0.1, 0.15) is 18.1 Å². The molecule has 0 spiro atoms. The fourth-order valence-corrected chi connectivity index (χ4v) is 1.19. The lowest BCUT2D eigenvalue weighted by molar-refractivity contribution is -0.141. The molecule has 0 radical (unpaired) electrons. The molecule has 0 saturated heterocycles. The highest BCUT2D eigenvalue weighted by Gasteiger charge is 2.29. The molecular weight excluding hydrogens is 247 g/mol. The Hall–Kier alpha value is -1.85. The summed E-state index contributed by atoms with van der Waals surface area (Å²) in [5, 5.41) is 0. The molecule has 1 rings (SSSR count). The maximum atomic E-state index is 12.3. The largest absolute Gasteiger partial charge is 0.465 e. The van der Waals surface area contributed by atoms with Crippen LogP contribution in [0, 0.1) is 0 Å². The Morgan fingerprint density at radius 3 is 2.44 bits per heavy atom. The first-order valence-corrected chi connectivity index (χ1v) is 5.26. The summed E-state index contributed by atoms with van der Waals surface area (Å²) in [5.41, 5.74) is -0.225. The van der Waals surface area contributed by atoms with Crippen LogP contribution in [-0.4, -0.2) is 25.3 Å². The fraction of sp³-hybridized carbons (Fsp3) is 0.333. The van der Waals surface area contributed by atoms with Crippen molar-refractivity contribution in [3.05, 3.63) is 35.4 Å². The third kappa shape index (κ3) is 4.57. The highest BCUT2D eigenvalue weighted by molar-refractivity contribution is 5.82. The molecule has 0 unspecified atom stereocenters. The van der Waals surface area contributed by atoms with Gasteiger partial charge in [0.1, 0.15) is 6.54 Å². The SMILES string of the molecule is CCOC(=O)CN=Cc1ccc(C(F)(F)F)cc1. The van der Waals surface area contributed by atoms with E-state index < -0.39 is 17.7 Å². The molecule has 0 bridgehead atoms. The standard InChI is InChI=1S/C12H12F3NO2/c1-2-18-11(17)8-16-7-9-3-5-10(6-4-9)12(13,14)15/h3-7H,2,8H2,1H3. The molecule has 0 amide bonds. The zero-order valence-corrected chi connectivity index (χ0v) is 9.70. The van der Waals surface area contributed by atoms with Crippen molar-refractivity contribution in [3.63, 3.8) is 0 Å². The van der Waals surface area contributed by atoms with Crippen LogP contribution in [0.25, 0.3) is 0 Å². The van der Waals surface area contributed by atoms with E-state index in [-0.39, 0.29) is 13.2 Å². The number of carbonyl (C=O) groups is 1. The molecule has 0 aliphatic heterocycles. The summed E-state index contributed by atoms with van der Waals surface area (Å²) >= 11 is 0. The number of hydrogen-bond donors (Lipinski definition) is 0. The van der Waals surface area contributed by atoms with Crippen molar-refractivity contribution in [1.29, 1.82) is 0 Å². The predicted octanol–water partition coefficient (Wildman–Crippen LogP) is 2.69. The van der Waals surface area contributed by atoms with Crippen molar-refractivity contribution in [2.75, 3.05) is 13.2 Å². The van der Waals surface area contributed by atoms with Crippen LogP contribution in [-0.2, 0) is 15.7 Å². The van der Waals surface area contributed by atoms with Crippen LogP contribution in [0.2, 0.25) is 0 Å². The second-order valence-corrected chi connectivity index (χ2v) is 3.39. The molecule has 0 fully saturated rings. The normalized spacial score (nSPS) is 11.8. The summed E-state index contributed by atoms with van der Waals surface area (Å²) < 4.78 is 41.4. The Labute approximate surface area is 102 Å². The zero-order chi connectivity index (χ0) is 13.6. The van der Waals surface area contributed by atoms with Crippen LogP contribution in [0.3, 0.4) is 0 Å². The highest BCUT2D eigenvalue weighted by Crippen LogP contribution is 2.28. The lowest BCUT2D eigenvalue weighted by atomic mass is 10.1. The van der Waals surface area contributed by atoms with Gasteiger partial charge < -0.3 is 4.74 Å². The molecule has 0 N–H and O–H groups in total. The van der Waals surface area contributed by atoms with Gasteiger partial charge in [0.2, 0.25) is 0 Å². The molecule has 0 atom stereocenters. The fourth-order valence-electron chi connectivity index (χ4n) is 1.19. The Bertz CT molecular complexity index is 424. The number of carbonyl (C=O) groups excluding carboxylic acids is 1. The number of benzene rings is 1. The topological polar surface area (TPSA) is 38.7 Å². The van der Waals surface area contributed by atoms with Crippen molar-refractivity contribution in [2.45, 2.75) is 13.1 Å². The minimum Gasteiger partial charge on any atom is -0.465 e. The van der Waals surface area contributed by atoms with Crippen molar-refractivity contribution in [3.8, 4) is 0 Å². The van der Waals surface area contributed by atoms with Crippen LogP contribution >= 0.6 is 0 Å². The summed E-state index contributed by atoms with van der Waals surface area (Å²) in [5.74, 6) is -0.472. The van der Waals surface area contributed by atoms with Crippen LogP contribution in [0.4, 0.5) is 13.2 Å². The van der Waals surface area contributed by atoms with E-state index in [9.17, 15) is 18.0 Å². The van der Waals surface area contributed by atoms with Gasteiger partial charge in [-0.25, -0.2) is 0 Å². The Morgan fingerprint density at radius 2 is 1.94 bits per heavy atom. The molecule has 0 saturated carbocycles. The first-order valence-electron chi connectivity index (χ1n) is 5.26. The smallest absolute Gasteiger partial charge is 0.416 e. The number of aliphatic imine (C=N–C) groups is 1. The van der Waals surface area contributed by atoms with Gasteiger partial charge in [0.25, 0.3) is 0 Å². The molecule has 0 heterocycles. The Morgan fingerprint density at radius 1 is 1.33 bits per heavy atom. The summed E-state index contributed by atoms with van der Waals surface area (Å²) in [6.45, 7) is 1.81. The van der Waals surface area contributed by atoms with Crippen LogP contribution in [0.15, 0.2) is 29.3 Å². The number of ether oxygens (including phenoxy) is 1. The monoisotopic (exact) mass is 259 g/mol. The van der Waals surface area contributed by atoms with E-state index in [4.69, 9.17) is 0 Å². The molecule has 6 heteroatoms. The summed E-state index contributed by atoms with van der Waals surface area (Å²) in [4.78, 5) is 14.7. The van der Waals surface area contributed by atoms with E-state index in [1.54, 1.807) is 6.92 Å². The molecule has 18 heavy (non-hydrogen) atoms. The maximum absolute atomic E-state index is 12.3. The minimum atomic E-state index is -4.35. The number of nitrogens with zero attached hydrogens (tertiary/aromatic N) is 1. The van der Waals surface area contributed by atoms with E-state index in [1.807, 2.05) is 0 Å². The minimum absolute atomic E-state index is 0.144. The zero-order valence-electron chi connectivity index (χ0n) is 9.70. The van der Waals surface area contributed by atoms with E-state index in [0.29, 0.717) is 5.56 Å². The van der Waals surface area contributed by atoms with Crippen molar-refractivity contribution < 1.29 is 22.7 Å². The summed E-state index contributed by atoms with van der Waals surface area (Å²) in [6, 6.07) is 4.51. The molecule has 1 aromatic carbocycles. The van der Waals surface area contributed by atoms with Gasteiger partial charge in [-0.1, -0.05) is 12.1 Å². The lowest BCUT2D eigenvalue weighted by Gasteiger charge is -2.05. The molecule has 98 valence electrons. The quantitative estimate of drug-likeness (QED) is 0.616. The third-order valence-electron chi connectivity index (χ3n) is 2.00. The molecular formula is C12H12F3NO2. The second kappa shape index (κ2) is 6.18. The van der Waals surface area contributed by atoms with Crippen LogP contribution < -0.4 is 0 Å².